The molecule has 0 bridgehead atoms. The first-order valence-corrected chi connectivity index (χ1v) is 16.7. The van der Waals surface area contributed by atoms with Crippen LogP contribution in [0.4, 0.5) is 10.0 Å². The Morgan fingerprint density at radius 2 is 0.896 bits per heavy atom. The summed E-state index contributed by atoms with van der Waals surface area (Å²) >= 11 is 1.79. The number of anilines is 2. The summed E-state index contributed by atoms with van der Waals surface area (Å²) in [5, 5.41) is 5.58. The van der Waals surface area contributed by atoms with Gasteiger partial charge in [-0.15, -0.1) is 22.7 Å². The molecule has 2 amide bonds. The van der Waals surface area contributed by atoms with E-state index in [4.69, 9.17) is 18.9 Å². The topological polar surface area (TPSA) is 163 Å². The first kappa shape index (κ1) is 37.9. The predicted molar refractivity (Wildman–Crippen MR) is 183 cm³/mol. The average Bonchev–Trinajstić information content (AvgIpc) is 3.47. The van der Waals surface area contributed by atoms with Crippen molar-refractivity contribution in [2.75, 3.05) is 23.8 Å². The molecule has 0 fully saturated rings. The van der Waals surface area contributed by atoms with Crippen LogP contribution in [0.3, 0.4) is 0 Å². The minimum atomic E-state index is -0.780. The van der Waals surface area contributed by atoms with Crippen LogP contribution < -0.4 is 10.6 Å². The summed E-state index contributed by atoms with van der Waals surface area (Å²) in [6.45, 7) is 16.9. The molecule has 2 N–H and O–H groups in total. The molecule has 0 saturated heterocycles. The zero-order valence-electron chi connectivity index (χ0n) is 28.6. The minimum absolute atomic E-state index is 0.0430. The van der Waals surface area contributed by atoms with Gasteiger partial charge in [0.25, 0.3) is 11.8 Å². The molecule has 2 aromatic heterocycles. The summed E-state index contributed by atoms with van der Waals surface area (Å²) in [5.41, 5.74) is -0.541. The highest BCUT2D eigenvalue weighted by atomic mass is 32.1. The van der Waals surface area contributed by atoms with E-state index in [-0.39, 0.29) is 55.2 Å². The Morgan fingerprint density at radius 1 is 0.583 bits per heavy atom. The van der Waals surface area contributed by atoms with Gasteiger partial charge in [0.05, 0.1) is 24.3 Å². The van der Waals surface area contributed by atoms with Crippen molar-refractivity contribution in [1.29, 1.82) is 0 Å². The lowest BCUT2D eigenvalue weighted by atomic mass is 10.1. The van der Waals surface area contributed by atoms with Gasteiger partial charge in [0.15, 0.2) is 0 Å². The summed E-state index contributed by atoms with van der Waals surface area (Å²) < 4.78 is 21.3. The lowest BCUT2D eigenvalue weighted by Crippen LogP contribution is -2.23. The van der Waals surface area contributed by atoms with Crippen molar-refractivity contribution in [1.82, 2.24) is 0 Å². The number of carbonyl (C=O) groups excluding carboxylic acids is 6. The van der Waals surface area contributed by atoms with E-state index >= 15 is 0 Å². The number of rotatable bonds is 10. The molecule has 0 unspecified atom stereocenters. The number of benzene rings is 1. The fraction of sp³-hybridized carbons (Fsp3) is 0.412. The van der Waals surface area contributed by atoms with Gasteiger partial charge in [-0.1, -0.05) is 0 Å². The van der Waals surface area contributed by atoms with Crippen molar-refractivity contribution in [3.63, 3.8) is 0 Å². The Hall–Kier alpha value is -4.56. The number of ether oxygens (including phenoxy) is 4. The van der Waals surface area contributed by atoms with E-state index in [1.54, 1.807) is 69.2 Å². The Labute approximate surface area is 287 Å². The van der Waals surface area contributed by atoms with Crippen LogP contribution in [0.15, 0.2) is 24.3 Å². The SMILES string of the molecule is CCOC(=O)c1c(NC(=O)c2ccc(C(=O)Nc3sc(C(=O)OC(C)(C)C)c(C)c3C(=O)OCC)cc2)sc(C(=O)OC(C)(C)C)c1C. The molecule has 0 spiro atoms. The van der Waals surface area contributed by atoms with E-state index in [1.165, 1.54) is 24.3 Å². The quantitative estimate of drug-likeness (QED) is 0.163. The lowest BCUT2D eigenvalue weighted by molar-refractivity contribution is 0.00615. The van der Waals surface area contributed by atoms with E-state index in [9.17, 15) is 28.8 Å². The van der Waals surface area contributed by atoms with Crippen LogP contribution in [-0.4, -0.2) is 60.1 Å². The Morgan fingerprint density at radius 3 is 1.17 bits per heavy atom. The molecule has 3 aromatic rings. The number of hydrogen-bond acceptors (Lipinski definition) is 12. The fourth-order valence-electron chi connectivity index (χ4n) is 4.26. The van der Waals surface area contributed by atoms with Gasteiger partial charge in [-0.05, 0) is 105 Å². The summed E-state index contributed by atoms with van der Waals surface area (Å²) in [4.78, 5) is 78.1. The van der Waals surface area contributed by atoms with Crippen molar-refractivity contribution in [3.8, 4) is 0 Å². The molecular weight excluding hydrogens is 661 g/mol. The number of amides is 2. The first-order valence-electron chi connectivity index (χ1n) is 15.1. The van der Waals surface area contributed by atoms with Crippen LogP contribution in [0, 0.1) is 13.8 Å². The maximum absolute atomic E-state index is 13.3. The molecule has 0 radical (unpaired) electrons. The van der Waals surface area contributed by atoms with Gasteiger partial charge in [-0.3, -0.25) is 9.59 Å². The maximum Gasteiger partial charge on any atom is 0.349 e. The third-order valence-corrected chi connectivity index (χ3v) is 8.66. The molecule has 0 aliphatic heterocycles. The molecule has 0 saturated carbocycles. The van der Waals surface area contributed by atoms with E-state index < -0.39 is 46.9 Å². The van der Waals surface area contributed by atoms with Crippen LogP contribution >= 0.6 is 22.7 Å². The molecule has 0 aliphatic rings. The van der Waals surface area contributed by atoms with Crippen molar-refractivity contribution in [2.24, 2.45) is 0 Å². The van der Waals surface area contributed by atoms with Crippen LogP contribution in [0.5, 0.6) is 0 Å². The zero-order valence-corrected chi connectivity index (χ0v) is 30.3. The summed E-state index contributed by atoms with van der Waals surface area (Å²) in [6, 6.07) is 5.62. The third kappa shape index (κ3) is 9.28. The van der Waals surface area contributed by atoms with E-state index in [0.29, 0.717) is 11.1 Å². The Kier molecular flexibility index (Phi) is 11.9. The molecule has 12 nitrogen and oxygen atoms in total. The molecule has 1 aromatic carbocycles. The van der Waals surface area contributed by atoms with Gasteiger partial charge in [0.1, 0.15) is 31.0 Å². The van der Waals surface area contributed by atoms with Crippen LogP contribution in [0.2, 0.25) is 0 Å². The first-order chi connectivity index (χ1) is 22.3. The molecule has 0 aliphatic carbocycles. The van der Waals surface area contributed by atoms with Crippen molar-refractivity contribution >= 4 is 68.4 Å². The average molecular weight is 701 g/mol. The maximum atomic E-state index is 13.3. The van der Waals surface area contributed by atoms with Gasteiger partial charge >= 0.3 is 23.9 Å². The highest BCUT2D eigenvalue weighted by Crippen LogP contribution is 2.37. The summed E-state index contributed by atoms with van der Waals surface area (Å²) in [6.07, 6.45) is 0. The number of carbonyl (C=O) groups is 6. The summed E-state index contributed by atoms with van der Waals surface area (Å²) in [5.74, 6) is -3.91. The number of thiophene rings is 2. The van der Waals surface area contributed by atoms with Crippen molar-refractivity contribution in [2.45, 2.75) is 80.4 Å². The number of nitrogens with one attached hydrogen (secondary N) is 2. The minimum Gasteiger partial charge on any atom is -0.462 e. The summed E-state index contributed by atoms with van der Waals surface area (Å²) in [7, 11) is 0. The molecule has 48 heavy (non-hydrogen) atoms. The molecular formula is C34H40N2O10S2. The standard InChI is InChI=1S/C34H40N2O10S2/c1-11-43-29(39)21-17(3)23(31(41)45-33(5,6)7)47-27(21)35-25(37)19-13-15-20(16-14-19)26(38)36-28-22(30(40)44-12-2)18(4)24(48-28)32(42)46-34(8,9)10/h13-16H,11-12H2,1-10H3,(H,35,37)(H,36,38). The Bertz CT molecular complexity index is 1610. The monoisotopic (exact) mass is 700 g/mol. The molecule has 14 heteroatoms. The second kappa shape index (κ2) is 15.1. The van der Waals surface area contributed by atoms with Gasteiger partial charge in [-0.25, -0.2) is 19.2 Å². The van der Waals surface area contributed by atoms with Crippen LogP contribution in [-0.2, 0) is 18.9 Å². The van der Waals surface area contributed by atoms with Gasteiger partial charge in [0.2, 0.25) is 0 Å². The normalized spacial score (nSPS) is 11.4. The molecule has 0 atom stereocenters. The largest absolute Gasteiger partial charge is 0.462 e. The van der Waals surface area contributed by atoms with Gasteiger partial charge in [-0.2, -0.15) is 0 Å². The molecule has 2 heterocycles. The third-order valence-electron chi connectivity index (χ3n) is 6.28. The van der Waals surface area contributed by atoms with Crippen molar-refractivity contribution in [3.05, 3.63) is 67.4 Å². The van der Waals surface area contributed by atoms with E-state index in [2.05, 4.69) is 10.6 Å². The van der Waals surface area contributed by atoms with E-state index in [0.717, 1.165) is 22.7 Å². The fourth-order valence-corrected chi connectivity index (χ4v) is 6.40. The second-order valence-electron chi connectivity index (χ2n) is 12.5. The lowest BCUT2D eigenvalue weighted by Gasteiger charge is -2.19. The van der Waals surface area contributed by atoms with Crippen LogP contribution in [0.1, 0.15) is 127 Å². The van der Waals surface area contributed by atoms with Gasteiger partial charge < -0.3 is 29.6 Å². The van der Waals surface area contributed by atoms with Crippen molar-refractivity contribution < 1.29 is 47.7 Å². The van der Waals surface area contributed by atoms with Gasteiger partial charge in [0, 0.05) is 11.1 Å². The molecule has 258 valence electrons. The van der Waals surface area contributed by atoms with Crippen LogP contribution in [0.25, 0.3) is 0 Å². The smallest absolute Gasteiger partial charge is 0.349 e. The second-order valence-corrected chi connectivity index (χ2v) is 14.5. The Balaban J connectivity index is 1.87. The van der Waals surface area contributed by atoms with E-state index in [1.807, 2.05) is 0 Å². The highest BCUT2D eigenvalue weighted by molar-refractivity contribution is 7.19. The zero-order chi connectivity index (χ0) is 36.1. The number of hydrogen-bond donors (Lipinski definition) is 2. The highest BCUT2D eigenvalue weighted by Gasteiger charge is 2.31. The molecule has 3 rings (SSSR count). The number of esters is 4. The predicted octanol–water partition coefficient (Wildman–Crippen LogP) is 7.20.